The van der Waals surface area contributed by atoms with E-state index in [-0.39, 0.29) is 12.5 Å². The zero-order valence-electron chi connectivity index (χ0n) is 20.9. The molecule has 0 unspecified atom stereocenters. The summed E-state index contributed by atoms with van der Waals surface area (Å²) < 4.78 is 49.9. The second kappa shape index (κ2) is 9.84. The Balaban J connectivity index is 1.22. The first kappa shape index (κ1) is 25.1. The van der Waals surface area contributed by atoms with Crippen molar-refractivity contribution >= 4 is 48.6 Å². The summed E-state index contributed by atoms with van der Waals surface area (Å²) in [6, 6.07) is 5.55. The third-order valence-corrected chi connectivity index (χ3v) is 9.76. The van der Waals surface area contributed by atoms with Gasteiger partial charge in [0, 0.05) is 36.5 Å². The maximum absolute atomic E-state index is 11.8. The lowest BCUT2D eigenvalue weighted by Crippen LogP contribution is -2.37. The van der Waals surface area contributed by atoms with E-state index in [1.807, 2.05) is 23.6 Å². The van der Waals surface area contributed by atoms with Gasteiger partial charge in [0.05, 0.1) is 42.8 Å². The van der Waals surface area contributed by atoms with Gasteiger partial charge >= 0.3 is 0 Å². The molecule has 200 valence electrons. The Labute approximate surface area is 226 Å². The molecule has 1 aliphatic rings. The zero-order valence-corrected chi connectivity index (χ0v) is 23.4. The van der Waals surface area contributed by atoms with E-state index in [0.717, 1.165) is 28.9 Å². The fourth-order valence-electron chi connectivity index (χ4n) is 4.53. The first-order chi connectivity index (χ1) is 18.3. The van der Waals surface area contributed by atoms with Gasteiger partial charge in [-0.2, -0.15) is 4.52 Å². The molecule has 14 heteroatoms. The summed E-state index contributed by atoms with van der Waals surface area (Å²) in [5.74, 6) is 2.07. The molecule has 5 aromatic rings. The largest absolute Gasteiger partial charge is 0.496 e. The van der Waals surface area contributed by atoms with E-state index in [1.54, 1.807) is 36.3 Å². The fourth-order valence-corrected chi connectivity index (χ4v) is 7.08. The third-order valence-electron chi connectivity index (χ3n) is 6.52. The van der Waals surface area contributed by atoms with Crippen LogP contribution in [0.15, 0.2) is 34.2 Å². The third kappa shape index (κ3) is 4.72. The second-order valence-electron chi connectivity index (χ2n) is 8.96. The number of ether oxygens (including phenoxy) is 3. The van der Waals surface area contributed by atoms with Gasteiger partial charge in [-0.05, 0) is 30.2 Å². The number of aromatic nitrogens is 4. The van der Waals surface area contributed by atoms with Crippen molar-refractivity contribution in [3.05, 3.63) is 40.5 Å². The molecule has 1 saturated heterocycles. The van der Waals surface area contributed by atoms with Gasteiger partial charge in [0.15, 0.2) is 5.76 Å². The van der Waals surface area contributed by atoms with Gasteiger partial charge in [0.25, 0.3) is 5.19 Å². The summed E-state index contributed by atoms with van der Waals surface area (Å²) >= 11 is 2.94. The van der Waals surface area contributed by atoms with Gasteiger partial charge < -0.3 is 18.6 Å². The van der Waals surface area contributed by atoms with E-state index in [2.05, 4.69) is 10.1 Å². The van der Waals surface area contributed by atoms with Gasteiger partial charge in [-0.1, -0.05) is 0 Å². The first-order valence-corrected chi connectivity index (χ1v) is 15.4. The van der Waals surface area contributed by atoms with Crippen LogP contribution in [0.25, 0.3) is 27.4 Å². The van der Waals surface area contributed by atoms with Gasteiger partial charge in [-0.15, -0.1) is 16.4 Å². The highest BCUT2D eigenvalue weighted by molar-refractivity contribution is 7.88. The molecule has 1 aromatic carbocycles. The molecule has 6 rings (SSSR count). The number of hydrogen-bond acceptors (Lipinski definition) is 11. The lowest BCUT2D eigenvalue weighted by atomic mass is 9.99. The average molecular weight is 576 g/mol. The number of hydrogen-bond donors (Lipinski definition) is 0. The molecule has 0 amide bonds. The SMILES string of the molecule is COc1cc(OCc2csc(C3CCN(S(C)(=O)=O)CC3)n2)c2cc(-c3cnc4sc(OC)nn34)oc2c1. The van der Waals surface area contributed by atoms with Crippen molar-refractivity contribution in [1.29, 1.82) is 0 Å². The van der Waals surface area contributed by atoms with Crippen LogP contribution in [0.3, 0.4) is 0 Å². The molecule has 5 heterocycles. The van der Waals surface area contributed by atoms with Crippen molar-refractivity contribution in [1.82, 2.24) is 23.9 Å². The van der Waals surface area contributed by atoms with Crippen LogP contribution in [-0.2, 0) is 16.6 Å². The monoisotopic (exact) mass is 575 g/mol. The Hall–Kier alpha value is -3.20. The molecule has 1 aliphatic heterocycles. The molecule has 38 heavy (non-hydrogen) atoms. The smallest absolute Gasteiger partial charge is 0.294 e. The van der Waals surface area contributed by atoms with Crippen molar-refractivity contribution in [2.24, 2.45) is 0 Å². The molecule has 1 fully saturated rings. The van der Waals surface area contributed by atoms with Crippen molar-refractivity contribution in [2.45, 2.75) is 25.4 Å². The summed E-state index contributed by atoms with van der Waals surface area (Å²) in [4.78, 5) is 9.90. The van der Waals surface area contributed by atoms with Gasteiger partial charge in [-0.25, -0.2) is 22.7 Å². The van der Waals surface area contributed by atoms with E-state index in [1.165, 1.54) is 21.9 Å². The first-order valence-electron chi connectivity index (χ1n) is 11.8. The average Bonchev–Trinajstić information content (AvgIpc) is 3.69. The van der Waals surface area contributed by atoms with Gasteiger partial charge in [0.1, 0.15) is 29.4 Å². The number of furan rings is 1. The minimum absolute atomic E-state index is 0.253. The molecule has 4 aromatic heterocycles. The Morgan fingerprint density at radius 1 is 1.16 bits per heavy atom. The number of thiazole rings is 1. The normalized spacial score (nSPS) is 15.4. The van der Waals surface area contributed by atoms with E-state index >= 15 is 0 Å². The number of rotatable bonds is 8. The zero-order chi connectivity index (χ0) is 26.4. The van der Waals surface area contributed by atoms with Crippen LogP contribution in [0.1, 0.15) is 29.5 Å². The molecule has 0 aliphatic carbocycles. The summed E-state index contributed by atoms with van der Waals surface area (Å²) in [5.41, 5.74) is 2.14. The van der Waals surface area contributed by atoms with E-state index in [9.17, 15) is 8.42 Å². The molecular formula is C24H25N5O6S3. The van der Waals surface area contributed by atoms with Crippen LogP contribution < -0.4 is 14.2 Å². The van der Waals surface area contributed by atoms with E-state index in [4.69, 9.17) is 23.6 Å². The van der Waals surface area contributed by atoms with E-state index in [0.29, 0.717) is 51.8 Å². The Kier molecular flexibility index (Phi) is 6.50. The quantitative estimate of drug-likeness (QED) is 0.265. The molecule has 0 saturated carbocycles. The topological polar surface area (TPSA) is 121 Å². The molecular weight excluding hydrogens is 550 g/mol. The van der Waals surface area contributed by atoms with Crippen LogP contribution >= 0.6 is 22.7 Å². The second-order valence-corrected chi connectivity index (χ2v) is 12.8. The number of sulfonamides is 1. The maximum Gasteiger partial charge on any atom is 0.294 e. The van der Waals surface area contributed by atoms with Crippen LogP contribution in [0, 0.1) is 0 Å². The Morgan fingerprint density at radius 2 is 1.97 bits per heavy atom. The fraction of sp³-hybridized carbons (Fsp3) is 0.375. The summed E-state index contributed by atoms with van der Waals surface area (Å²) in [5, 5.41) is 8.74. The van der Waals surface area contributed by atoms with Crippen LogP contribution in [-0.4, -0.2) is 65.9 Å². The highest BCUT2D eigenvalue weighted by Crippen LogP contribution is 2.38. The molecule has 11 nitrogen and oxygen atoms in total. The van der Waals surface area contributed by atoms with Crippen molar-refractivity contribution in [3.63, 3.8) is 0 Å². The number of benzene rings is 1. The Bertz CT molecular complexity index is 1710. The summed E-state index contributed by atoms with van der Waals surface area (Å²) in [6.07, 6.45) is 4.51. The van der Waals surface area contributed by atoms with Crippen molar-refractivity contribution in [3.8, 4) is 28.1 Å². The minimum atomic E-state index is -3.15. The van der Waals surface area contributed by atoms with Gasteiger partial charge in [-0.3, -0.25) is 0 Å². The van der Waals surface area contributed by atoms with Crippen LogP contribution in [0.5, 0.6) is 16.7 Å². The molecule has 0 spiro atoms. The molecule has 0 bridgehead atoms. The molecule has 0 radical (unpaired) electrons. The van der Waals surface area contributed by atoms with Gasteiger partial charge in [0.2, 0.25) is 15.0 Å². The standard InChI is InChI=1S/C24H25N5O6S3/c1-32-16-8-19(34-12-15-13-36-22(26-15)14-4-6-28(7-5-14)38(3,30)31)17-10-21(35-20(17)9-16)18-11-25-23-29(18)27-24(33-2)37-23/h8-11,13-14H,4-7,12H2,1-3H3. The number of nitrogens with zero attached hydrogens (tertiary/aromatic N) is 5. The molecule has 0 atom stereocenters. The summed E-state index contributed by atoms with van der Waals surface area (Å²) in [7, 11) is 0.0191. The molecule has 0 N–H and O–H groups in total. The highest BCUT2D eigenvalue weighted by Gasteiger charge is 2.27. The van der Waals surface area contributed by atoms with Crippen LogP contribution in [0.2, 0.25) is 0 Å². The number of methoxy groups -OCH3 is 2. The van der Waals surface area contributed by atoms with Crippen molar-refractivity contribution in [2.75, 3.05) is 33.6 Å². The maximum atomic E-state index is 11.8. The van der Waals surface area contributed by atoms with Crippen LogP contribution in [0.4, 0.5) is 0 Å². The minimum Gasteiger partial charge on any atom is -0.496 e. The highest BCUT2D eigenvalue weighted by atomic mass is 32.2. The Morgan fingerprint density at radius 3 is 2.71 bits per heavy atom. The van der Waals surface area contributed by atoms with Crippen molar-refractivity contribution < 1.29 is 27.0 Å². The number of fused-ring (bicyclic) bond motifs is 2. The van der Waals surface area contributed by atoms with E-state index < -0.39 is 10.0 Å². The predicted octanol–water partition coefficient (Wildman–Crippen LogP) is 4.40. The summed E-state index contributed by atoms with van der Waals surface area (Å²) in [6.45, 7) is 1.33. The lowest BCUT2D eigenvalue weighted by Gasteiger charge is -2.29. The number of piperidine rings is 1. The number of imidazole rings is 1. The lowest BCUT2D eigenvalue weighted by molar-refractivity contribution is 0.301. The predicted molar refractivity (Wildman–Crippen MR) is 144 cm³/mol.